The zero-order valence-electron chi connectivity index (χ0n) is 17.4. The van der Waals surface area contributed by atoms with Crippen molar-refractivity contribution in [3.63, 3.8) is 0 Å². The first-order valence-electron chi connectivity index (χ1n) is 9.94. The van der Waals surface area contributed by atoms with Gasteiger partial charge in [-0.25, -0.2) is 9.69 Å². The highest BCUT2D eigenvalue weighted by Gasteiger charge is 2.37. The van der Waals surface area contributed by atoms with Gasteiger partial charge in [-0.15, -0.1) is 0 Å². The number of imide groups is 2. The SMILES string of the molecule is Cc1c(Cl)cccc1N1C(=O)NC(=O)/C(=C\c2ccc(Cc3ccccc3Br)c(Cl)c2)C1=O. The quantitative estimate of drug-likeness (QED) is 0.309. The van der Waals surface area contributed by atoms with E-state index in [-0.39, 0.29) is 5.57 Å². The van der Waals surface area contributed by atoms with Gasteiger partial charge in [0, 0.05) is 20.9 Å². The minimum absolute atomic E-state index is 0.177. The number of anilines is 1. The molecule has 166 valence electrons. The number of carbonyl (C=O) groups excluding carboxylic acids is 3. The van der Waals surface area contributed by atoms with E-state index in [1.165, 1.54) is 6.08 Å². The lowest BCUT2D eigenvalue weighted by atomic mass is 10.0. The van der Waals surface area contributed by atoms with Crippen LogP contribution in [0.25, 0.3) is 6.08 Å². The van der Waals surface area contributed by atoms with Crippen molar-refractivity contribution in [3.05, 3.63) is 103 Å². The van der Waals surface area contributed by atoms with Gasteiger partial charge in [0.05, 0.1) is 5.69 Å². The van der Waals surface area contributed by atoms with Crippen molar-refractivity contribution < 1.29 is 14.4 Å². The number of benzene rings is 3. The van der Waals surface area contributed by atoms with E-state index in [0.717, 1.165) is 20.5 Å². The number of nitrogens with one attached hydrogen (secondary N) is 1. The molecule has 1 heterocycles. The first-order chi connectivity index (χ1) is 15.8. The van der Waals surface area contributed by atoms with Crippen molar-refractivity contribution in [2.75, 3.05) is 4.90 Å². The summed E-state index contributed by atoms with van der Waals surface area (Å²) < 4.78 is 0.984. The standard InChI is InChI=1S/C25H17BrCl2N2O3/c1-14-20(27)7-4-8-22(14)30-24(32)18(23(31)29-25(30)33)11-15-9-10-17(21(28)12-15)13-16-5-2-3-6-19(16)26/h2-12H,13H2,1H3,(H,29,31,33)/b18-11+. The van der Waals surface area contributed by atoms with Gasteiger partial charge in [-0.05, 0) is 59.5 Å². The van der Waals surface area contributed by atoms with Gasteiger partial charge in [-0.2, -0.15) is 0 Å². The van der Waals surface area contributed by atoms with Crippen LogP contribution in [0.4, 0.5) is 10.5 Å². The first-order valence-corrected chi connectivity index (χ1v) is 11.5. The van der Waals surface area contributed by atoms with Crippen LogP contribution in [-0.4, -0.2) is 17.8 Å². The molecule has 1 saturated heterocycles. The molecular weight excluding hydrogens is 527 g/mol. The van der Waals surface area contributed by atoms with Crippen LogP contribution in [0.15, 0.2) is 70.7 Å². The normalized spacial score (nSPS) is 15.2. The Labute approximate surface area is 209 Å². The molecule has 8 heteroatoms. The number of hydrogen-bond acceptors (Lipinski definition) is 3. The Bertz CT molecular complexity index is 1340. The molecule has 1 aliphatic heterocycles. The lowest BCUT2D eigenvalue weighted by Crippen LogP contribution is -2.54. The van der Waals surface area contributed by atoms with Crippen LogP contribution in [0.1, 0.15) is 22.3 Å². The van der Waals surface area contributed by atoms with Crippen LogP contribution in [-0.2, 0) is 16.0 Å². The minimum atomic E-state index is -0.825. The van der Waals surface area contributed by atoms with Crippen LogP contribution in [0, 0.1) is 6.92 Å². The van der Waals surface area contributed by atoms with Gasteiger partial charge in [-0.3, -0.25) is 14.9 Å². The number of urea groups is 1. The second-order valence-electron chi connectivity index (χ2n) is 7.46. The summed E-state index contributed by atoms with van der Waals surface area (Å²) in [7, 11) is 0. The van der Waals surface area contributed by atoms with Crippen LogP contribution in [0.5, 0.6) is 0 Å². The Balaban J connectivity index is 1.66. The third kappa shape index (κ3) is 4.74. The zero-order chi connectivity index (χ0) is 23.7. The van der Waals surface area contributed by atoms with Gasteiger partial charge in [-0.1, -0.05) is 75.5 Å². The zero-order valence-corrected chi connectivity index (χ0v) is 20.5. The van der Waals surface area contributed by atoms with Crippen molar-refractivity contribution in [3.8, 4) is 0 Å². The Hall–Kier alpha value is -2.93. The summed E-state index contributed by atoms with van der Waals surface area (Å²) in [6.45, 7) is 1.70. The van der Waals surface area contributed by atoms with Gasteiger partial charge in [0.25, 0.3) is 11.8 Å². The molecule has 0 spiro atoms. The molecule has 0 radical (unpaired) electrons. The lowest BCUT2D eigenvalue weighted by Gasteiger charge is -2.27. The molecule has 3 aromatic carbocycles. The number of nitrogens with zero attached hydrogens (tertiary/aromatic N) is 1. The maximum atomic E-state index is 13.1. The Morgan fingerprint density at radius 3 is 2.42 bits per heavy atom. The molecule has 1 N–H and O–H groups in total. The van der Waals surface area contributed by atoms with E-state index in [4.69, 9.17) is 23.2 Å². The molecule has 4 rings (SSSR count). The molecule has 1 fully saturated rings. The van der Waals surface area contributed by atoms with E-state index in [0.29, 0.717) is 33.3 Å². The van der Waals surface area contributed by atoms with Gasteiger partial charge in [0.2, 0.25) is 0 Å². The van der Waals surface area contributed by atoms with Crippen molar-refractivity contribution in [2.24, 2.45) is 0 Å². The van der Waals surface area contributed by atoms with E-state index < -0.39 is 17.8 Å². The molecular formula is C25H17BrCl2N2O3. The maximum absolute atomic E-state index is 13.1. The summed E-state index contributed by atoms with van der Waals surface area (Å²) in [5.74, 6) is -1.50. The number of carbonyl (C=O) groups is 3. The van der Waals surface area contributed by atoms with E-state index >= 15 is 0 Å². The molecule has 0 aliphatic carbocycles. The van der Waals surface area contributed by atoms with E-state index in [1.807, 2.05) is 30.3 Å². The van der Waals surface area contributed by atoms with E-state index in [2.05, 4.69) is 21.2 Å². The average molecular weight is 544 g/mol. The van der Waals surface area contributed by atoms with Gasteiger partial charge in [0.1, 0.15) is 5.57 Å². The van der Waals surface area contributed by atoms with E-state index in [9.17, 15) is 14.4 Å². The summed E-state index contributed by atoms with van der Waals surface area (Å²) in [4.78, 5) is 39.0. The topological polar surface area (TPSA) is 66.5 Å². The van der Waals surface area contributed by atoms with Crippen LogP contribution < -0.4 is 10.2 Å². The monoisotopic (exact) mass is 542 g/mol. The first kappa shape index (κ1) is 23.2. The molecule has 0 bridgehead atoms. The number of rotatable bonds is 4. The van der Waals surface area contributed by atoms with Crippen LogP contribution in [0.3, 0.4) is 0 Å². The largest absolute Gasteiger partial charge is 0.335 e. The number of halogens is 3. The summed E-state index contributed by atoms with van der Waals surface area (Å²) in [6, 6.07) is 17.2. The second-order valence-corrected chi connectivity index (χ2v) is 9.13. The Morgan fingerprint density at radius 1 is 0.939 bits per heavy atom. The van der Waals surface area contributed by atoms with Crippen LogP contribution in [0.2, 0.25) is 10.0 Å². The molecule has 5 nitrogen and oxygen atoms in total. The third-order valence-corrected chi connectivity index (χ3v) is 6.84. The van der Waals surface area contributed by atoms with Crippen molar-refractivity contribution in [1.82, 2.24) is 5.32 Å². The molecule has 3 aromatic rings. The Morgan fingerprint density at radius 2 is 1.70 bits per heavy atom. The fourth-order valence-corrected chi connectivity index (χ4v) is 4.38. The molecule has 0 atom stereocenters. The summed E-state index contributed by atoms with van der Waals surface area (Å²) >= 11 is 16.2. The van der Waals surface area contributed by atoms with Crippen molar-refractivity contribution in [2.45, 2.75) is 13.3 Å². The fraction of sp³-hybridized carbons (Fsp3) is 0.0800. The van der Waals surface area contributed by atoms with Crippen molar-refractivity contribution >= 4 is 68.7 Å². The smallest absolute Gasteiger partial charge is 0.273 e. The summed E-state index contributed by atoms with van der Waals surface area (Å²) in [5, 5.41) is 3.13. The molecule has 1 aliphatic rings. The van der Waals surface area contributed by atoms with Gasteiger partial charge >= 0.3 is 6.03 Å². The van der Waals surface area contributed by atoms with Crippen molar-refractivity contribution in [1.29, 1.82) is 0 Å². The highest BCUT2D eigenvalue weighted by Crippen LogP contribution is 2.30. The lowest BCUT2D eigenvalue weighted by molar-refractivity contribution is -0.122. The molecule has 0 aromatic heterocycles. The summed E-state index contributed by atoms with van der Waals surface area (Å²) in [5.41, 5.74) is 3.23. The summed E-state index contributed by atoms with van der Waals surface area (Å²) in [6.07, 6.45) is 2.04. The highest BCUT2D eigenvalue weighted by molar-refractivity contribution is 9.10. The average Bonchev–Trinajstić information content (AvgIpc) is 2.77. The maximum Gasteiger partial charge on any atom is 0.335 e. The molecule has 33 heavy (non-hydrogen) atoms. The van der Waals surface area contributed by atoms with Crippen LogP contribution >= 0.6 is 39.1 Å². The number of amides is 4. The Kier molecular flexibility index (Phi) is 6.70. The van der Waals surface area contributed by atoms with Gasteiger partial charge < -0.3 is 0 Å². The number of barbiturate groups is 1. The van der Waals surface area contributed by atoms with Gasteiger partial charge in [0.15, 0.2) is 0 Å². The third-order valence-electron chi connectivity index (χ3n) is 5.31. The predicted octanol–water partition coefficient (Wildman–Crippen LogP) is 6.32. The molecule has 4 amide bonds. The highest BCUT2D eigenvalue weighted by atomic mass is 79.9. The van der Waals surface area contributed by atoms with E-state index in [1.54, 1.807) is 37.3 Å². The fourth-order valence-electron chi connectivity index (χ4n) is 3.52. The molecule has 0 saturated carbocycles. The number of hydrogen-bond donors (Lipinski definition) is 1. The predicted molar refractivity (Wildman–Crippen MR) is 134 cm³/mol. The molecule has 0 unspecified atom stereocenters. The minimum Gasteiger partial charge on any atom is -0.273 e. The second kappa shape index (κ2) is 9.51.